The van der Waals surface area contributed by atoms with Crippen molar-refractivity contribution in [3.05, 3.63) is 72.8 Å². The standard InChI is InChI=1S/C15H10Cl2FN3O2S/c16-12-5-19-21(15(22)14(12)17)6-10-8-24-13(20-10)7-23-11-3-1-9(18)2-4-11/h1-5,8H,6-7H2. The van der Waals surface area contributed by atoms with Gasteiger partial charge in [0, 0.05) is 5.38 Å². The third kappa shape index (κ3) is 3.92. The van der Waals surface area contributed by atoms with Crippen molar-refractivity contribution in [2.75, 3.05) is 0 Å². The number of nitrogens with zero attached hydrogens (tertiary/aromatic N) is 3. The highest BCUT2D eigenvalue weighted by Gasteiger charge is 2.10. The minimum absolute atomic E-state index is 0.0678. The zero-order chi connectivity index (χ0) is 17.1. The molecule has 0 saturated carbocycles. The van der Waals surface area contributed by atoms with E-state index in [-0.39, 0.29) is 29.0 Å². The number of aromatic nitrogens is 3. The molecule has 2 heterocycles. The summed E-state index contributed by atoms with van der Waals surface area (Å²) in [6.07, 6.45) is 1.32. The summed E-state index contributed by atoms with van der Waals surface area (Å²) in [5.74, 6) is 0.231. The summed E-state index contributed by atoms with van der Waals surface area (Å²) in [6.45, 7) is 0.433. The summed E-state index contributed by atoms with van der Waals surface area (Å²) in [5, 5.41) is 6.51. The Morgan fingerprint density at radius 3 is 2.75 bits per heavy atom. The summed E-state index contributed by atoms with van der Waals surface area (Å²) < 4.78 is 19.5. The molecule has 0 spiro atoms. The monoisotopic (exact) mass is 385 g/mol. The van der Waals surface area contributed by atoms with Crippen molar-refractivity contribution < 1.29 is 9.13 Å². The molecule has 124 valence electrons. The molecule has 0 atom stereocenters. The van der Waals surface area contributed by atoms with E-state index in [9.17, 15) is 9.18 Å². The van der Waals surface area contributed by atoms with Gasteiger partial charge in [0.15, 0.2) is 0 Å². The second-order valence-corrected chi connectivity index (χ2v) is 6.47. The highest BCUT2D eigenvalue weighted by atomic mass is 35.5. The van der Waals surface area contributed by atoms with Crippen molar-refractivity contribution in [1.82, 2.24) is 14.8 Å². The number of halogens is 3. The van der Waals surface area contributed by atoms with Crippen LogP contribution in [0.25, 0.3) is 0 Å². The SMILES string of the molecule is O=c1c(Cl)c(Cl)cnn1Cc1csc(COc2ccc(F)cc2)n1. The molecule has 9 heteroatoms. The number of hydrogen-bond acceptors (Lipinski definition) is 5. The van der Waals surface area contributed by atoms with E-state index in [0.717, 1.165) is 5.01 Å². The van der Waals surface area contributed by atoms with E-state index < -0.39 is 5.56 Å². The van der Waals surface area contributed by atoms with E-state index in [1.165, 1.54) is 34.3 Å². The number of hydrogen-bond donors (Lipinski definition) is 0. The normalized spacial score (nSPS) is 10.8. The fourth-order valence-electron chi connectivity index (χ4n) is 1.87. The first-order chi connectivity index (χ1) is 11.5. The zero-order valence-corrected chi connectivity index (χ0v) is 14.4. The van der Waals surface area contributed by atoms with Crippen molar-refractivity contribution in [2.24, 2.45) is 0 Å². The van der Waals surface area contributed by atoms with Crippen LogP contribution in [0.4, 0.5) is 4.39 Å². The molecular formula is C15H10Cl2FN3O2S. The molecule has 24 heavy (non-hydrogen) atoms. The quantitative estimate of drug-likeness (QED) is 0.670. The highest BCUT2D eigenvalue weighted by molar-refractivity contribution is 7.09. The van der Waals surface area contributed by atoms with Gasteiger partial charge in [0.2, 0.25) is 0 Å². The van der Waals surface area contributed by atoms with Gasteiger partial charge >= 0.3 is 0 Å². The van der Waals surface area contributed by atoms with Crippen LogP contribution >= 0.6 is 34.5 Å². The number of benzene rings is 1. The minimum atomic E-state index is -0.471. The predicted octanol–water partition coefficient (Wildman–Crippen LogP) is 3.77. The first-order valence-corrected chi connectivity index (χ1v) is 8.39. The van der Waals surface area contributed by atoms with E-state index in [0.29, 0.717) is 11.4 Å². The molecule has 0 unspecified atom stereocenters. The molecular weight excluding hydrogens is 376 g/mol. The number of thiazole rings is 1. The van der Waals surface area contributed by atoms with Crippen LogP contribution in [-0.2, 0) is 13.2 Å². The topological polar surface area (TPSA) is 57.0 Å². The summed E-state index contributed by atoms with van der Waals surface area (Å²) in [5.41, 5.74) is 0.187. The van der Waals surface area contributed by atoms with E-state index >= 15 is 0 Å². The van der Waals surface area contributed by atoms with Crippen LogP contribution in [-0.4, -0.2) is 14.8 Å². The molecule has 0 N–H and O–H groups in total. The number of ether oxygens (including phenoxy) is 1. The maximum Gasteiger partial charge on any atom is 0.287 e. The predicted molar refractivity (Wildman–Crippen MR) is 90.5 cm³/mol. The summed E-state index contributed by atoms with van der Waals surface area (Å²) in [6, 6.07) is 5.74. The Balaban J connectivity index is 1.66. The van der Waals surface area contributed by atoms with E-state index in [1.807, 2.05) is 0 Å². The van der Waals surface area contributed by atoms with Crippen molar-refractivity contribution in [2.45, 2.75) is 13.2 Å². The zero-order valence-electron chi connectivity index (χ0n) is 12.1. The van der Waals surface area contributed by atoms with Gasteiger partial charge in [-0.15, -0.1) is 11.3 Å². The van der Waals surface area contributed by atoms with Crippen LogP contribution in [0, 0.1) is 5.82 Å². The molecule has 0 fully saturated rings. The first kappa shape index (κ1) is 16.9. The van der Waals surface area contributed by atoms with Crippen LogP contribution in [0.1, 0.15) is 10.7 Å². The highest BCUT2D eigenvalue weighted by Crippen LogP contribution is 2.17. The molecule has 0 radical (unpaired) electrons. The number of rotatable bonds is 5. The summed E-state index contributed by atoms with van der Waals surface area (Å²) >= 11 is 12.9. The molecule has 1 aromatic carbocycles. The van der Waals surface area contributed by atoms with Crippen molar-refractivity contribution in [3.63, 3.8) is 0 Å². The van der Waals surface area contributed by atoms with E-state index in [4.69, 9.17) is 27.9 Å². The van der Waals surface area contributed by atoms with Crippen LogP contribution in [0.15, 0.2) is 40.6 Å². The summed E-state index contributed by atoms with van der Waals surface area (Å²) in [7, 11) is 0. The summed E-state index contributed by atoms with van der Waals surface area (Å²) in [4.78, 5) is 16.3. The largest absolute Gasteiger partial charge is 0.486 e. The molecule has 0 aliphatic heterocycles. The van der Waals surface area contributed by atoms with Crippen LogP contribution < -0.4 is 10.3 Å². The van der Waals surface area contributed by atoms with Crippen LogP contribution in [0.5, 0.6) is 5.75 Å². The van der Waals surface area contributed by atoms with E-state index in [1.54, 1.807) is 17.5 Å². The van der Waals surface area contributed by atoms with Gasteiger partial charge in [-0.1, -0.05) is 23.2 Å². The lowest BCUT2D eigenvalue weighted by molar-refractivity contribution is 0.304. The molecule has 3 rings (SSSR count). The average molecular weight is 386 g/mol. The Morgan fingerprint density at radius 1 is 1.25 bits per heavy atom. The second-order valence-electron chi connectivity index (χ2n) is 4.74. The molecule has 5 nitrogen and oxygen atoms in total. The maximum atomic E-state index is 12.8. The van der Waals surface area contributed by atoms with Gasteiger partial charge in [0.25, 0.3) is 5.56 Å². The fraction of sp³-hybridized carbons (Fsp3) is 0.133. The second kappa shape index (κ2) is 7.29. The molecule has 0 bridgehead atoms. The lowest BCUT2D eigenvalue weighted by Crippen LogP contribution is -2.23. The van der Waals surface area contributed by atoms with Gasteiger partial charge in [-0.3, -0.25) is 4.79 Å². The maximum absolute atomic E-state index is 12.8. The Labute approximate surface area is 150 Å². The van der Waals surface area contributed by atoms with Gasteiger partial charge in [-0.2, -0.15) is 5.10 Å². The van der Waals surface area contributed by atoms with Gasteiger partial charge in [0.1, 0.15) is 28.2 Å². The van der Waals surface area contributed by atoms with Gasteiger partial charge < -0.3 is 4.74 Å². The Morgan fingerprint density at radius 2 is 2.00 bits per heavy atom. The molecule has 0 amide bonds. The molecule has 3 aromatic rings. The van der Waals surface area contributed by atoms with Gasteiger partial charge in [0.05, 0.1) is 23.5 Å². The Hall–Kier alpha value is -1.96. The molecule has 0 aliphatic carbocycles. The third-order valence-electron chi connectivity index (χ3n) is 3.03. The van der Waals surface area contributed by atoms with Crippen LogP contribution in [0.3, 0.4) is 0 Å². The van der Waals surface area contributed by atoms with Crippen molar-refractivity contribution in [3.8, 4) is 5.75 Å². The molecule has 0 saturated heterocycles. The first-order valence-electron chi connectivity index (χ1n) is 6.75. The Kier molecular flexibility index (Phi) is 5.13. The molecule has 0 aliphatic rings. The third-order valence-corrected chi connectivity index (χ3v) is 4.65. The lowest BCUT2D eigenvalue weighted by Gasteiger charge is -2.04. The van der Waals surface area contributed by atoms with Gasteiger partial charge in [-0.05, 0) is 24.3 Å². The van der Waals surface area contributed by atoms with Crippen LogP contribution in [0.2, 0.25) is 10.0 Å². The average Bonchev–Trinajstić information content (AvgIpc) is 3.02. The van der Waals surface area contributed by atoms with Gasteiger partial charge in [-0.25, -0.2) is 14.1 Å². The molecule has 2 aromatic heterocycles. The Bertz CT molecular complexity index is 912. The fourth-order valence-corrected chi connectivity index (χ4v) is 2.84. The van der Waals surface area contributed by atoms with Crippen molar-refractivity contribution in [1.29, 1.82) is 0 Å². The van der Waals surface area contributed by atoms with E-state index in [2.05, 4.69) is 10.1 Å². The minimum Gasteiger partial charge on any atom is -0.486 e. The lowest BCUT2D eigenvalue weighted by atomic mass is 10.3. The smallest absolute Gasteiger partial charge is 0.287 e. The van der Waals surface area contributed by atoms with Crippen molar-refractivity contribution >= 4 is 34.5 Å².